The zero-order valence-corrected chi connectivity index (χ0v) is 15.4. The van der Waals surface area contributed by atoms with Crippen molar-refractivity contribution < 1.29 is 9.90 Å². The summed E-state index contributed by atoms with van der Waals surface area (Å²) in [5.74, 6) is -0.361. The fourth-order valence-corrected chi connectivity index (χ4v) is 3.07. The van der Waals surface area contributed by atoms with Crippen molar-refractivity contribution in [3.8, 4) is 0 Å². The molecule has 4 nitrogen and oxygen atoms in total. The molecule has 2 aromatic carbocycles. The number of hydrogen-bond donors (Lipinski definition) is 1. The lowest BCUT2D eigenvalue weighted by Gasteiger charge is -2.31. The van der Waals surface area contributed by atoms with Gasteiger partial charge in [-0.15, -0.1) is 0 Å². The average molecular weight is 408 g/mol. The van der Waals surface area contributed by atoms with Gasteiger partial charge in [0.25, 0.3) is 5.91 Å². The molecule has 1 unspecified atom stereocenters. The van der Waals surface area contributed by atoms with Crippen molar-refractivity contribution in [1.29, 1.82) is 0 Å². The molecule has 0 aliphatic carbocycles. The molecule has 0 fully saturated rings. The van der Waals surface area contributed by atoms with Gasteiger partial charge in [0.15, 0.2) is 5.72 Å². The zero-order chi connectivity index (χ0) is 17.3. The van der Waals surface area contributed by atoms with Crippen molar-refractivity contribution >= 4 is 39.1 Å². The maximum atomic E-state index is 12.9. The predicted octanol–water partition coefficient (Wildman–Crippen LogP) is 4.56. The molecule has 3 rings (SSSR count). The highest BCUT2D eigenvalue weighted by Gasteiger charge is 2.45. The fourth-order valence-electron chi connectivity index (χ4n) is 2.68. The van der Waals surface area contributed by atoms with Crippen LogP contribution < -0.4 is 0 Å². The van der Waals surface area contributed by atoms with Gasteiger partial charge in [-0.2, -0.15) is 10.1 Å². The second-order valence-corrected chi connectivity index (χ2v) is 7.00. The fraction of sp³-hybridized carbons (Fsp3) is 0.222. The molecule has 1 N–H and O–H groups in total. The molecular formula is C18H16BrClN2O2. The number of hydrogen-bond acceptors (Lipinski definition) is 3. The Morgan fingerprint density at radius 2 is 1.88 bits per heavy atom. The van der Waals surface area contributed by atoms with Crippen LogP contribution in [0.3, 0.4) is 0 Å². The number of carbonyl (C=O) groups is 1. The van der Waals surface area contributed by atoms with E-state index < -0.39 is 5.72 Å². The van der Waals surface area contributed by atoms with Crippen molar-refractivity contribution in [2.45, 2.75) is 25.5 Å². The third-order valence-electron chi connectivity index (χ3n) is 4.04. The summed E-state index contributed by atoms with van der Waals surface area (Å²) in [4.78, 5) is 12.9. The van der Waals surface area contributed by atoms with Crippen LogP contribution in [-0.4, -0.2) is 21.7 Å². The minimum Gasteiger partial charge on any atom is -0.365 e. The number of benzene rings is 2. The van der Waals surface area contributed by atoms with Crippen LogP contribution in [0.4, 0.5) is 0 Å². The number of nitrogens with zero attached hydrogens (tertiary/aromatic N) is 2. The summed E-state index contributed by atoms with van der Waals surface area (Å²) in [6.45, 7) is 1.96. The van der Waals surface area contributed by atoms with E-state index in [0.29, 0.717) is 29.0 Å². The molecule has 1 amide bonds. The molecule has 24 heavy (non-hydrogen) atoms. The minimum absolute atomic E-state index is 0.296. The van der Waals surface area contributed by atoms with Gasteiger partial charge in [0, 0.05) is 32.8 Å². The molecule has 0 bridgehead atoms. The Balaban J connectivity index is 2.01. The van der Waals surface area contributed by atoms with Crippen LogP contribution in [-0.2, 0) is 5.72 Å². The maximum absolute atomic E-state index is 12.9. The summed E-state index contributed by atoms with van der Waals surface area (Å²) in [5.41, 5.74) is 0.349. The highest BCUT2D eigenvalue weighted by atomic mass is 79.9. The lowest BCUT2D eigenvalue weighted by molar-refractivity contribution is -0.0765. The number of hydrazone groups is 1. The van der Waals surface area contributed by atoms with Crippen LogP contribution in [0.5, 0.6) is 0 Å². The third kappa shape index (κ3) is 3.11. The van der Waals surface area contributed by atoms with Crippen LogP contribution >= 0.6 is 27.5 Å². The molecule has 0 saturated heterocycles. The SMILES string of the molecule is CCC1=NN(C(=O)c2ccc(Cl)cc2)C(O)(c2ccc(Br)cc2)C1. The normalized spacial score (nSPS) is 20.2. The lowest BCUT2D eigenvalue weighted by atomic mass is 9.96. The van der Waals surface area contributed by atoms with Gasteiger partial charge in [-0.3, -0.25) is 4.79 Å². The van der Waals surface area contributed by atoms with Crippen LogP contribution in [0.1, 0.15) is 35.7 Å². The second-order valence-electron chi connectivity index (χ2n) is 5.64. The van der Waals surface area contributed by atoms with Crippen molar-refractivity contribution in [1.82, 2.24) is 5.01 Å². The van der Waals surface area contributed by atoms with Crippen LogP contribution in [0.2, 0.25) is 5.02 Å². The van der Waals surface area contributed by atoms with Crippen LogP contribution in [0.25, 0.3) is 0 Å². The molecule has 1 aliphatic heterocycles. The van der Waals surface area contributed by atoms with Gasteiger partial charge >= 0.3 is 0 Å². The quantitative estimate of drug-likeness (QED) is 0.811. The van der Waals surface area contributed by atoms with E-state index >= 15 is 0 Å². The van der Waals surface area contributed by atoms with Crippen LogP contribution in [0, 0.1) is 0 Å². The Labute approximate surface area is 153 Å². The Morgan fingerprint density at radius 1 is 1.25 bits per heavy atom. The number of amides is 1. The average Bonchev–Trinajstić information content (AvgIpc) is 2.93. The van der Waals surface area contributed by atoms with E-state index in [9.17, 15) is 9.90 Å². The van der Waals surface area contributed by atoms with Gasteiger partial charge in [-0.05, 0) is 42.8 Å². The maximum Gasteiger partial charge on any atom is 0.276 e. The first-order chi connectivity index (χ1) is 11.4. The summed E-state index contributed by atoms with van der Waals surface area (Å²) in [7, 11) is 0. The van der Waals surface area contributed by atoms with Gasteiger partial charge in [0.2, 0.25) is 0 Å². The van der Waals surface area contributed by atoms with Crippen LogP contribution in [0.15, 0.2) is 58.1 Å². The molecule has 1 aliphatic rings. The first-order valence-electron chi connectivity index (χ1n) is 7.59. The molecule has 1 atom stereocenters. The summed E-state index contributed by atoms with van der Waals surface area (Å²) in [6.07, 6.45) is 0.966. The summed E-state index contributed by atoms with van der Waals surface area (Å²) < 4.78 is 0.903. The molecule has 0 radical (unpaired) electrons. The molecule has 124 valence electrons. The predicted molar refractivity (Wildman–Crippen MR) is 98.0 cm³/mol. The standard InChI is InChI=1S/C18H16BrClN2O2/c1-2-16-11-18(24,13-5-7-14(19)8-6-13)22(21-16)17(23)12-3-9-15(20)10-4-12/h3-10,24H,2,11H2,1H3. The molecule has 2 aromatic rings. The number of rotatable bonds is 3. The molecule has 0 spiro atoms. The first-order valence-corrected chi connectivity index (χ1v) is 8.76. The van der Waals surface area contributed by atoms with Gasteiger partial charge in [-0.25, -0.2) is 0 Å². The monoisotopic (exact) mass is 406 g/mol. The molecule has 1 heterocycles. The molecule has 6 heteroatoms. The largest absolute Gasteiger partial charge is 0.365 e. The highest BCUT2D eigenvalue weighted by Crippen LogP contribution is 2.37. The van der Waals surface area contributed by atoms with E-state index in [1.165, 1.54) is 5.01 Å². The summed E-state index contributed by atoms with van der Waals surface area (Å²) in [6, 6.07) is 13.8. The van der Waals surface area contributed by atoms with Crippen molar-refractivity contribution in [2.24, 2.45) is 5.10 Å². The lowest BCUT2D eigenvalue weighted by Crippen LogP contribution is -2.43. The molecular weight excluding hydrogens is 392 g/mol. The number of aliphatic hydroxyl groups is 1. The smallest absolute Gasteiger partial charge is 0.276 e. The van der Waals surface area contributed by atoms with E-state index in [1.54, 1.807) is 36.4 Å². The van der Waals surface area contributed by atoms with Gasteiger partial charge < -0.3 is 5.11 Å². The molecule has 0 saturated carbocycles. The van der Waals surface area contributed by atoms with Gasteiger partial charge in [0.05, 0.1) is 0 Å². The van der Waals surface area contributed by atoms with Crippen molar-refractivity contribution in [3.63, 3.8) is 0 Å². The van der Waals surface area contributed by atoms with E-state index in [1.807, 2.05) is 19.1 Å². The summed E-state index contributed by atoms with van der Waals surface area (Å²) >= 11 is 9.26. The molecule has 0 aromatic heterocycles. The Kier molecular flexibility index (Phi) is 4.76. The minimum atomic E-state index is -1.48. The van der Waals surface area contributed by atoms with E-state index in [4.69, 9.17) is 11.6 Å². The Morgan fingerprint density at radius 3 is 2.46 bits per heavy atom. The van der Waals surface area contributed by atoms with Crippen molar-refractivity contribution in [2.75, 3.05) is 0 Å². The van der Waals surface area contributed by atoms with Crippen molar-refractivity contribution in [3.05, 3.63) is 69.2 Å². The topological polar surface area (TPSA) is 52.9 Å². The second kappa shape index (κ2) is 6.67. The Bertz CT molecular complexity index is 790. The van der Waals surface area contributed by atoms with Gasteiger partial charge in [-0.1, -0.05) is 46.6 Å². The van der Waals surface area contributed by atoms with E-state index in [-0.39, 0.29) is 5.91 Å². The highest BCUT2D eigenvalue weighted by molar-refractivity contribution is 9.10. The summed E-state index contributed by atoms with van der Waals surface area (Å²) in [5, 5.41) is 17.3. The number of carbonyl (C=O) groups excluding carboxylic acids is 1. The first kappa shape index (κ1) is 17.1. The number of halogens is 2. The van der Waals surface area contributed by atoms with E-state index in [0.717, 1.165) is 10.2 Å². The van der Waals surface area contributed by atoms with E-state index in [2.05, 4.69) is 21.0 Å². The van der Waals surface area contributed by atoms with Gasteiger partial charge in [0.1, 0.15) is 0 Å². The Hall–Kier alpha value is -1.69. The zero-order valence-electron chi connectivity index (χ0n) is 13.0. The third-order valence-corrected chi connectivity index (χ3v) is 4.82.